The first-order chi connectivity index (χ1) is 9.52. The first kappa shape index (κ1) is 16.7. The second-order valence-corrected chi connectivity index (χ2v) is 5.65. The minimum atomic E-state index is 0.318. The Morgan fingerprint density at radius 2 is 1.85 bits per heavy atom. The molecule has 0 spiro atoms. The van der Waals surface area contributed by atoms with E-state index in [1.165, 1.54) is 0 Å². The first-order valence-corrected chi connectivity index (χ1v) is 7.41. The van der Waals surface area contributed by atoms with Crippen LogP contribution in [0.25, 0.3) is 0 Å². The highest BCUT2D eigenvalue weighted by Crippen LogP contribution is 2.16. The van der Waals surface area contributed by atoms with Crippen LogP contribution in [0.3, 0.4) is 0 Å². The van der Waals surface area contributed by atoms with E-state index in [-0.39, 0.29) is 0 Å². The topological polar surface area (TPSA) is 59.1 Å². The third-order valence-electron chi connectivity index (χ3n) is 2.74. The molecule has 1 aromatic rings. The molecule has 0 aromatic carbocycles. The third kappa shape index (κ3) is 6.19. The van der Waals surface area contributed by atoms with Gasteiger partial charge in [0.05, 0.1) is 0 Å². The second-order valence-electron chi connectivity index (χ2n) is 5.65. The summed E-state index contributed by atoms with van der Waals surface area (Å²) in [5.74, 6) is 3.49. The van der Waals surface area contributed by atoms with Gasteiger partial charge in [0.2, 0.25) is 0 Å². The number of ether oxygens (including phenoxy) is 1. The van der Waals surface area contributed by atoms with Gasteiger partial charge < -0.3 is 15.4 Å². The third-order valence-corrected chi connectivity index (χ3v) is 2.74. The molecule has 5 nitrogen and oxygen atoms in total. The fourth-order valence-corrected chi connectivity index (χ4v) is 1.65. The van der Waals surface area contributed by atoms with Gasteiger partial charge >= 0.3 is 0 Å². The van der Waals surface area contributed by atoms with Crippen molar-refractivity contribution in [3.63, 3.8) is 0 Å². The summed E-state index contributed by atoms with van der Waals surface area (Å²) in [6, 6.07) is 1.93. The fourth-order valence-electron chi connectivity index (χ4n) is 1.65. The summed E-state index contributed by atoms with van der Waals surface area (Å²) in [6.45, 7) is 11.0. The SMILES string of the molecule is CNc1cc(NCCCOCC(C)C)nc(C(C)C)n1. The van der Waals surface area contributed by atoms with Gasteiger partial charge in [0, 0.05) is 38.8 Å². The molecule has 0 aliphatic rings. The minimum Gasteiger partial charge on any atom is -0.381 e. The molecule has 0 radical (unpaired) electrons. The van der Waals surface area contributed by atoms with Crippen LogP contribution in [-0.4, -0.2) is 36.8 Å². The lowest BCUT2D eigenvalue weighted by Crippen LogP contribution is -2.11. The van der Waals surface area contributed by atoms with E-state index >= 15 is 0 Å². The standard InChI is InChI=1S/C15H28N4O/c1-11(2)10-20-8-6-7-17-14-9-13(16-5)18-15(19-14)12(3)4/h9,11-12H,6-8,10H2,1-5H3,(H2,16,17,18,19). The van der Waals surface area contributed by atoms with Gasteiger partial charge in [-0.3, -0.25) is 0 Å². The monoisotopic (exact) mass is 280 g/mol. The van der Waals surface area contributed by atoms with Crippen molar-refractivity contribution in [1.82, 2.24) is 9.97 Å². The molecule has 0 unspecified atom stereocenters. The summed E-state index contributed by atoms with van der Waals surface area (Å²) in [6.07, 6.45) is 0.975. The molecule has 1 aromatic heterocycles. The predicted octanol–water partition coefficient (Wildman–Crippen LogP) is 3.12. The van der Waals surface area contributed by atoms with Crippen LogP contribution in [0.1, 0.15) is 45.9 Å². The lowest BCUT2D eigenvalue weighted by atomic mass is 10.2. The number of nitrogens with zero attached hydrogens (tertiary/aromatic N) is 2. The van der Waals surface area contributed by atoms with Crippen LogP contribution in [0, 0.1) is 5.92 Å². The van der Waals surface area contributed by atoms with E-state index < -0.39 is 0 Å². The van der Waals surface area contributed by atoms with Crippen LogP contribution in [-0.2, 0) is 4.74 Å². The van der Waals surface area contributed by atoms with E-state index in [4.69, 9.17) is 4.74 Å². The molecular formula is C15H28N4O. The van der Waals surface area contributed by atoms with E-state index in [0.717, 1.165) is 43.6 Å². The Morgan fingerprint density at radius 1 is 1.15 bits per heavy atom. The lowest BCUT2D eigenvalue weighted by molar-refractivity contribution is 0.110. The Morgan fingerprint density at radius 3 is 2.45 bits per heavy atom. The van der Waals surface area contributed by atoms with Gasteiger partial charge in [-0.25, -0.2) is 9.97 Å². The maximum absolute atomic E-state index is 5.55. The number of hydrogen-bond acceptors (Lipinski definition) is 5. The predicted molar refractivity (Wildman–Crippen MR) is 84.4 cm³/mol. The summed E-state index contributed by atoms with van der Waals surface area (Å²) in [4.78, 5) is 8.97. The molecule has 0 fully saturated rings. The van der Waals surface area contributed by atoms with Crippen molar-refractivity contribution in [2.24, 2.45) is 5.92 Å². The molecule has 1 rings (SSSR count). The van der Waals surface area contributed by atoms with Crippen molar-refractivity contribution >= 4 is 11.6 Å². The average Bonchev–Trinajstić information content (AvgIpc) is 2.41. The molecule has 2 N–H and O–H groups in total. The van der Waals surface area contributed by atoms with Gasteiger partial charge in [-0.2, -0.15) is 0 Å². The zero-order valence-electron chi connectivity index (χ0n) is 13.4. The Bertz CT molecular complexity index is 393. The van der Waals surface area contributed by atoms with Crippen molar-refractivity contribution in [3.8, 4) is 0 Å². The van der Waals surface area contributed by atoms with Crippen LogP contribution in [0.15, 0.2) is 6.07 Å². The van der Waals surface area contributed by atoms with E-state index in [2.05, 4.69) is 48.3 Å². The molecule has 0 saturated heterocycles. The molecule has 0 atom stereocenters. The molecule has 0 bridgehead atoms. The number of anilines is 2. The summed E-state index contributed by atoms with van der Waals surface area (Å²) >= 11 is 0. The maximum atomic E-state index is 5.55. The second kappa shape index (κ2) is 8.74. The van der Waals surface area contributed by atoms with Gasteiger partial charge in [-0.15, -0.1) is 0 Å². The summed E-state index contributed by atoms with van der Waals surface area (Å²) < 4.78 is 5.55. The van der Waals surface area contributed by atoms with Crippen LogP contribution in [0.2, 0.25) is 0 Å². The number of hydrogen-bond donors (Lipinski definition) is 2. The molecule has 0 aliphatic heterocycles. The zero-order chi connectivity index (χ0) is 15.0. The van der Waals surface area contributed by atoms with Crippen LogP contribution in [0.5, 0.6) is 0 Å². The normalized spacial score (nSPS) is 11.2. The Hall–Kier alpha value is -1.36. The van der Waals surface area contributed by atoms with Crippen LogP contribution >= 0.6 is 0 Å². The van der Waals surface area contributed by atoms with E-state index in [9.17, 15) is 0 Å². The van der Waals surface area contributed by atoms with Crippen molar-refractivity contribution in [2.75, 3.05) is 37.4 Å². The molecular weight excluding hydrogens is 252 g/mol. The molecule has 0 aliphatic carbocycles. The van der Waals surface area contributed by atoms with Gasteiger partial charge in [-0.1, -0.05) is 27.7 Å². The van der Waals surface area contributed by atoms with Gasteiger partial charge in [-0.05, 0) is 12.3 Å². The van der Waals surface area contributed by atoms with Gasteiger partial charge in [0.25, 0.3) is 0 Å². The van der Waals surface area contributed by atoms with Crippen molar-refractivity contribution in [1.29, 1.82) is 0 Å². The molecule has 0 amide bonds. The Kier molecular flexibility index (Phi) is 7.30. The van der Waals surface area contributed by atoms with Crippen molar-refractivity contribution in [2.45, 2.75) is 40.0 Å². The van der Waals surface area contributed by atoms with Crippen molar-refractivity contribution in [3.05, 3.63) is 11.9 Å². The maximum Gasteiger partial charge on any atom is 0.135 e. The fraction of sp³-hybridized carbons (Fsp3) is 0.733. The highest BCUT2D eigenvalue weighted by Gasteiger charge is 2.07. The first-order valence-electron chi connectivity index (χ1n) is 7.41. The Balaban J connectivity index is 2.41. The van der Waals surface area contributed by atoms with Gasteiger partial charge in [0.1, 0.15) is 17.5 Å². The van der Waals surface area contributed by atoms with E-state index in [1.54, 1.807) is 0 Å². The number of aromatic nitrogens is 2. The van der Waals surface area contributed by atoms with E-state index in [0.29, 0.717) is 11.8 Å². The van der Waals surface area contributed by atoms with Crippen LogP contribution < -0.4 is 10.6 Å². The van der Waals surface area contributed by atoms with Gasteiger partial charge in [0.15, 0.2) is 0 Å². The molecule has 20 heavy (non-hydrogen) atoms. The Labute approximate surface area is 122 Å². The number of rotatable bonds is 9. The molecule has 1 heterocycles. The summed E-state index contributed by atoms with van der Waals surface area (Å²) in [5, 5.41) is 6.40. The smallest absolute Gasteiger partial charge is 0.135 e. The highest BCUT2D eigenvalue weighted by molar-refractivity contribution is 5.47. The largest absolute Gasteiger partial charge is 0.381 e. The molecule has 5 heteroatoms. The number of nitrogens with one attached hydrogen (secondary N) is 2. The summed E-state index contributed by atoms with van der Waals surface area (Å²) in [7, 11) is 1.87. The summed E-state index contributed by atoms with van der Waals surface area (Å²) in [5.41, 5.74) is 0. The lowest BCUT2D eigenvalue weighted by Gasteiger charge is -2.12. The van der Waals surface area contributed by atoms with E-state index in [1.807, 2.05) is 13.1 Å². The van der Waals surface area contributed by atoms with Crippen LogP contribution in [0.4, 0.5) is 11.6 Å². The molecule has 0 saturated carbocycles. The quantitative estimate of drug-likeness (QED) is 0.681. The average molecular weight is 280 g/mol. The van der Waals surface area contributed by atoms with Crippen molar-refractivity contribution < 1.29 is 4.74 Å². The minimum absolute atomic E-state index is 0.318. The zero-order valence-corrected chi connectivity index (χ0v) is 13.4. The highest BCUT2D eigenvalue weighted by atomic mass is 16.5. The molecule has 114 valence electrons.